The van der Waals surface area contributed by atoms with Crippen LogP contribution in [0.15, 0.2) is 24.3 Å². The van der Waals surface area contributed by atoms with Gasteiger partial charge in [-0.2, -0.15) is 11.8 Å². The third kappa shape index (κ3) is 5.02. The lowest BCUT2D eigenvalue weighted by Crippen LogP contribution is -2.02. The average Bonchev–Trinajstić information content (AvgIpc) is 2.33. The zero-order valence-corrected chi connectivity index (χ0v) is 11.6. The van der Waals surface area contributed by atoms with Crippen molar-refractivity contribution >= 4 is 35.4 Å². The largest absolute Gasteiger partial charge is 0.492 e. The van der Waals surface area contributed by atoms with Crippen LogP contribution in [0.4, 0.5) is 0 Å². The Hall–Kier alpha value is -1.13. The predicted octanol–water partition coefficient (Wildman–Crippen LogP) is 3.57. The molecule has 0 radical (unpaired) electrons. The van der Waals surface area contributed by atoms with Crippen LogP contribution in [0.25, 0.3) is 6.08 Å². The van der Waals surface area contributed by atoms with Crippen LogP contribution in [0.1, 0.15) is 12.5 Å². The van der Waals surface area contributed by atoms with Crippen LogP contribution in [-0.2, 0) is 4.79 Å². The van der Waals surface area contributed by atoms with Gasteiger partial charge in [-0.25, -0.2) is 4.79 Å². The maximum absolute atomic E-state index is 10.5. The molecular formula is C13H15ClO3S. The highest BCUT2D eigenvalue weighted by Gasteiger charge is 2.05. The molecule has 5 heteroatoms. The first-order chi connectivity index (χ1) is 8.65. The molecule has 18 heavy (non-hydrogen) atoms. The van der Waals surface area contributed by atoms with Crippen LogP contribution >= 0.6 is 23.4 Å². The lowest BCUT2D eigenvalue weighted by atomic mass is 10.2. The van der Waals surface area contributed by atoms with E-state index < -0.39 is 5.97 Å². The standard InChI is InChI=1S/C13H15ClO3S/c1-2-18-9-8-17-12-5-3-4-11(14)10(12)6-7-13(15)16/h3-7H,2,8-9H2,1H3,(H,15,16)/b7-6+. The molecule has 1 aromatic rings. The van der Waals surface area contributed by atoms with E-state index in [1.807, 2.05) is 0 Å². The van der Waals surface area contributed by atoms with Crippen LogP contribution in [-0.4, -0.2) is 29.2 Å². The van der Waals surface area contributed by atoms with E-state index in [1.165, 1.54) is 6.08 Å². The fourth-order valence-electron chi connectivity index (χ4n) is 1.31. The van der Waals surface area contributed by atoms with E-state index in [0.29, 0.717) is 22.9 Å². The molecule has 0 saturated carbocycles. The number of ether oxygens (including phenoxy) is 1. The number of rotatable bonds is 7. The smallest absolute Gasteiger partial charge is 0.328 e. The molecule has 0 bridgehead atoms. The summed E-state index contributed by atoms with van der Waals surface area (Å²) in [6, 6.07) is 5.27. The maximum atomic E-state index is 10.5. The summed E-state index contributed by atoms with van der Waals surface area (Å²) in [7, 11) is 0. The summed E-state index contributed by atoms with van der Waals surface area (Å²) in [5.74, 6) is 1.54. The Balaban J connectivity index is 2.77. The van der Waals surface area contributed by atoms with Crippen molar-refractivity contribution in [2.24, 2.45) is 0 Å². The van der Waals surface area contributed by atoms with Crippen molar-refractivity contribution in [1.29, 1.82) is 0 Å². The molecule has 1 aromatic carbocycles. The van der Waals surface area contributed by atoms with Gasteiger partial charge in [-0.3, -0.25) is 0 Å². The number of halogens is 1. The Morgan fingerprint density at radius 1 is 1.56 bits per heavy atom. The first-order valence-electron chi connectivity index (χ1n) is 5.55. The van der Waals surface area contributed by atoms with Gasteiger partial charge in [0.1, 0.15) is 5.75 Å². The number of benzene rings is 1. The minimum atomic E-state index is -1.01. The minimum Gasteiger partial charge on any atom is -0.492 e. The number of hydrogen-bond acceptors (Lipinski definition) is 3. The zero-order chi connectivity index (χ0) is 13.4. The Bertz CT molecular complexity index is 432. The third-order valence-electron chi connectivity index (χ3n) is 2.09. The van der Waals surface area contributed by atoms with Crippen LogP contribution in [0, 0.1) is 0 Å². The Morgan fingerprint density at radius 2 is 2.33 bits per heavy atom. The van der Waals surface area contributed by atoms with E-state index in [1.54, 1.807) is 30.0 Å². The lowest BCUT2D eigenvalue weighted by Gasteiger charge is -2.10. The van der Waals surface area contributed by atoms with Gasteiger partial charge in [0, 0.05) is 17.4 Å². The fraction of sp³-hybridized carbons (Fsp3) is 0.308. The summed E-state index contributed by atoms with van der Waals surface area (Å²) < 4.78 is 5.60. The third-order valence-corrected chi connectivity index (χ3v) is 3.29. The van der Waals surface area contributed by atoms with Gasteiger partial charge in [-0.15, -0.1) is 0 Å². The monoisotopic (exact) mass is 286 g/mol. The van der Waals surface area contributed by atoms with Gasteiger partial charge in [0.2, 0.25) is 0 Å². The first-order valence-corrected chi connectivity index (χ1v) is 7.08. The molecule has 0 fully saturated rings. The van der Waals surface area contributed by atoms with Crippen molar-refractivity contribution in [2.75, 3.05) is 18.1 Å². The van der Waals surface area contributed by atoms with Crippen molar-refractivity contribution in [3.8, 4) is 5.75 Å². The van der Waals surface area contributed by atoms with Crippen molar-refractivity contribution in [1.82, 2.24) is 0 Å². The molecule has 0 aromatic heterocycles. The quantitative estimate of drug-likeness (QED) is 0.615. The summed E-state index contributed by atoms with van der Waals surface area (Å²) in [6.07, 6.45) is 2.50. The Morgan fingerprint density at radius 3 is 3.00 bits per heavy atom. The van der Waals surface area contributed by atoms with Crippen LogP contribution < -0.4 is 4.74 Å². The van der Waals surface area contributed by atoms with E-state index in [2.05, 4.69) is 6.92 Å². The highest BCUT2D eigenvalue weighted by molar-refractivity contribution is 7.99. The van der Waals surface area contributed by atoms with Crippen LogP contribution in [0.2, 0.25) is 5.02 Å². The SMILES string of the molecule is CCSCCOc1cccc(Cl)c1/C=C/C(=O)O. The van der Waals surface area contributed by atoms with Gasteiger partial charge in [0.25, 0.3) is 0 Å². The van der Waals surface area contributed by atoms with E-state index in [0.717, 1.165) is 17.6 Å². The Labute approximate surface area is 116 Å². The number of carboxylic acid groups (broad SMARTS) is 1. The number of thioether (sulfide) groups is 1. The number of carbonyl (C=O) groups is 1. The van der Waals surface area contributed by atoms with Crippen LogP contribution in [0.5, 0.6) is 5.75 Å². The number of carboxylic acids is 1. The van der Waals surface area contributed by atoms with Gasteiger partial charge in [0.05, 0.1) is 11.6 Å². The van der Waals surface area contributed by atoms with Crippen molar-refractivity contribution < 1.29 is 14.6 Å². The second-order valence-electron chi connectivity index (χ2n) is 3.37. The van der Waals surface area contributed by atoms with E-state index in [4.69, 9.17) is 21.4 Å². The molecule has 0 aliphatic rings. The second kappa shape index (κ2) is 8.06. The summed E-state index contributed by atoms with van der Waals surface area (Å²) in [5.41, 5.74) is 0.600. The van der Waals surface area contributed by atoms with Gasteiger partial charge < -0.3 is 9.84 Å². The zero-order valence-electron chi connectivity index (χ0n) is 10.1. The average molecular weight is 287 g/mol. The van der Waals surface area contributed by atoms with E-state index in [9.17, 15) is 4.79 Å². The minimum absolute atomic E-state index is 0.480. The van der Waals surface area contributed by atoms with Crippen molar-refractivity contribution in [2.45, 2.75) is 6.92 Å². The predicted molar refractivity (Wildman–Crippen MR) is 76.6 cm³/mol. The highest BCUT2D eigenvalue weighted by atomic mass is 35.5. The second-order valence-corrected chi connectivity index (χ2v) is 5.17. The molecule has 0 atom stereocenters. The number of aliphatic carboxylic acids is 1. The van der Waals surface area contributed by atoms with Gasteiger partial charge in [-0.1, -0.05) is 24.6 Å². The normalized spacial score (nSPS) is 10.8. The van der Waals surface area contributed by atoms with Gasteiger partial charge in [0.15, 0.2) is 0 Å². The summed E-state index contributed by atoms with van der Waals surface area (Å²) in [6.45, 7) is 2.66. The topological polar surface area (TPSA) is 46.5 Å². The first kappa shape index (κ1) is 14.9. The van der Waals surface area contributed by atoms with E-state index >= 15 is 0 Å². The van der Waals surface area contributed by atoms with Gasteiger partial charge >= 0.3 is 5.97 Å². The molecule has 0 saturated heterocycles. The molecule has 0 spiro atoms. The molecule has 0 aliphatic heterocycles. The van der Waals surface area contributed by atoms with E-state index in [-0.39, 0.29) is 0 Å². The lowest BCUT2D eigenvalue weighted by molar-refractivity contribution is -0.131. The molecule has 0 heterocycles. The van der Waals surface area contributed by atoms with Crippen LogP contribution in [0.3, 0.4) is 0 Å². The molecule has 1 rings (SSSR count). The molecule has 0 amide bonds. The summed E-state index contributed by atoms with van der Waals surface area (Å²) in [4.78, 5) is 10.5. The molecule has 98 valence electrons. The van der Waals surface area contributed by atoms with Crippen molar-refractivity contribution in [3.63, 3.8) is 0 Å². The van der Waals surface area contributed by atoms with Gasteiger partial charge in [-0.05, 0) is 24.0 Å². The summed E-state index contributed by atoms with van der Waals surface area (Å²) >= 11 is 7.81. The molecule has 0 unspecified atom stereocenters. The highest BCUT2D eigenvalue weighted by Crippen LogP contribution is 2.27. The number of hydrogen-bond donors (Lipinski definition) is 1. The molecule has 0 aliphatic carbocycles. The molecule has 1 N–H and O–H groups in total. The molecular weight excluding hydrogens is 272 g/mol. The van der Waals surface area contributed by atoms with Crippen molar-refractivity contribution in [3.05, 3.63) is 34.9 Å². The fourth-order valence-corrected chi connectivity index (χ4v) is 2.03. The molecule has 3 nitrogen and oxygen atoms in total. The Kier molecular flexibility index (Phi) is 6.68. The maximum Gasteiger partial charge on any atom is 0.328 e. The summed E-state index contributed by atoms with van der Waals surface area (Å²) in [5, 5.41) is 9.11.